The van der Waals surface area contributed by atoms with Gasteiger partial charge >= 0.3 is 0 Å². The molecular weight excluding hydrogens is 317 g/mol. The molecule has 0 unspecified atom stereocenters. The molecule has 1 atom stereocenters. The zero-order valence-electron chi connectivity index (χ0n) is 12.7. The number of rotatable bonds is 6. The number of nitrogens with one attached hydrogen (secondary N) is 1. The highest BCUT2D eigenvalue weighted by molar-refractivity contribution is 6.31. The van der Waals surface area contributed by atoms with Crippen molar-refractivity contribution in [2.75, 3.05) is 25.1 Å². The van der Waals surface area contributed by atoms with E-state index in [1.165, 1.54) is 6.07 Å². The molecule has 0 aromatic heterocycles. The second-order valence-electron chi connectivity index (χ2n) is 5.50. The van der Waals surface area contributed by atoms with E-state index in [-0.39, 0.29) is 11.9 Å². The second kappa shape index (κ2) is 7.66. The van der Waals surface area contributed by atoms with Crippen molar-refractivity contribution in [3.05, 3.63) is 58.9 Å². The molecule has 3 nitrogen and oxygen atoms in total. The Morgan fingerprint density at radius 3 is 2.74 bits per heavy atom. The van der Waals surface area contributed by atoms with Crippen LogP contribution in [0.25, 0.3) is 0 Å². The maximum Gasteiger partial charge on any atom is 0.127 e. The highest BCUT2D eigenvalue weighted by atomic mass is 35.5. The molecule has 1 N–H and O–H groups in total. The molecule has 0 radical (unpaired) electrons. The van der Waals surface area contributed by atoms with Crippen LogP contribution in [0.5, 0.6) is 5.75 Å². The first-order valence-electron chi connectivity index (χ1n) is 7.73. The van der Waals surface area contributed by atoms with E-state index in [9.17, 15) is 4.39 Å². The summed E-state index contributed by atoms with van der Waals surface area (Å²) in [7, 11) is 0. The first-order valence-corrected chi connectivity index (χ1v) is 8.11. The molecule has 0 bridgehead atoms. The minimum Gasteiger partial charge on any atom is -0.488 e. The zero-order valence-corrected chi connectivity index (χ0v) is 13.5. The number of hydrogen-bond acceptors (Lipinski definition) is 3. The Kier molecular flexibility index (Phi) is 5.36. The van der Waals surface area contributed by atoms with E-state index in [1.807, 2.05) is 24.3 Å². The fourth-order valence-corrected chi connectivity index (χ4v) is 2.81. The normalized spacial score (nSPS) is 17.2. The minimum absolute atomic E-state index is 0.150. The van der Waals surface area contributed by atoms with Gasteiger partial charge in [0.2, 0.25) is 0 Å². The van der Waals surface area contributed by atoms with E-state index < -0.39 is 0 Å². The monoisotopic (exact) mass is 335 g/mol. The maximum absolute atomic E-state index is 13.7. The van der Waals surface area contributed by atoms with Crippen LogP contribution in [-0.2, 0) is 11.2 Å². The van der Waals surface area contributed by atoms with Gasteiger partial charge in [-0.1, -0.05) is 17.7 Å². The Hall–Kier alpha value is -1.78. The second-order valence-corrected chi connectivity index (χ2v) is 5.91. The summed E-state index contributed by atoms with van der Waals surface area (Å²) < 4.78 is 24.8. The zero-order chi connectivity index (χ0) is 16.1. The van der Waals surface area contributed by atoms with Gasteiger partial charge in [0.1, 0.15) is 17.7 Å². The van der Waals surface area contributed by atoms with Gasteiger partial charge in [-0.15, -0.1) is 0 Å². The molecule has 1 fully saturated rings. The van der Waals surface area contributed by atoms with Gasteiger partial charge in [0.15, 0.2) is 0 Å². The molecule has 0 amide bonds. The third-order valence-corrected chi connectivity index (χ3v) is 4.16. The molecule has 0 spiro atoms. The van der Waals surface area contributed by atoms with Crippen molar-refractivity contribution in [1.29, 1.82) is 0 Å². The third-order valence-electron chi connectivity index (χ3n) is 3.81. The number of benzene rings is 2. The molecule has 3 rings (SSSR count). The average Bonchev–Trinajstić information content (AvgIpc) is 3.05. The van der Waals surface area contributed by atoms with Crippen LogP contribution in [0.1, 0.15) is 12.0 Å². The lowest BCUT2D eigenvalue weighted by molar-refractivity contribution is 0.141. The van der Waals surface area contributed by atoms with Crippen LogP contribution in [0.3, 0.4) is 0 Å². The quantitative estimate of drug-likeness (QED) is 0.853. The number of ether oxygens (including phenoxy) is 2. The Labute approximate surface area is 140 Å². The summed E-state index contributed by atoms with van der Waals surface area (Å²) in [5.41, 5.74) is 1.51. The van der Waals surface area contributed by atoms with E-state index in [0.29, 0.717) is 30.2 Å². The molecule has 2 aromatic rings. The fraction of sp³-hybridized carbons (Fsp3) is 0.333. The molecule has 1 aliphatic rings. The van der Waals surface area contributed by atoms with Crippen LogP contribution in [0.15, 0.2) is 42.5 Å². The predicted octanol–water partition coefficient (Wildman–Crippen LogP) is 4.30. The van der Waals surface area contributed by atoms with Crippen LogP contribution in [-0.4, -0.2) is 25.9 Å². The lowest BCUT2D eigenvalue weighted by Gasteiger charge is -2.13. The lowest BCUT2D eigenvalue weighted by atomic mass is 10.1. The van der Waals surface area contributed by atoms with Crippen LogP contribution in [0.2, 0.25) is 5.02 Å². The van der Waals surface area contributed by atoms with Gasteiger partial charge in [0.05, 0.1) is 13.2 Å². The average molecular weight is 336 g/mol. The topological polar surface area (TPSA) is 30.5 Å². The number of anilines is 1. The summed E-state index contributed by atoms with van der Waals surface area (Å²) in [5, 5.41) is 3.73. The summed E-state index contributed by atoms with van der Waals surface area (Å²) in [6.45, 7) is 2.03. The van der Waals surface area contributed by atoms with Gasteiger partial charge in [0.25, 0.3) is 0 Å². The van der Waals surface area contributed by atoms with E-state index in [4.69, 9.17) is 21.1 Å². The Morgan fingerprint density at radius 2 is 2.04 bits per heavy atom. The summed E-state index contributed by atoms with van der Waals surface area (Å²) in [6, 6.07) is 12.5. The summed E-state index contributed by atoms with van der Waals surface area (Å²) in [6.07, 6.45) is 1.61. The van der Waals surface area contributed by atoms with Gasteiger partial charge in [-0.3, -0.25) is 0 Å². The molecule has 1 saturated heterocycles. The van der Waals surface area contributed by atoms with E-state index in [1.54, 1.807) is 12.1 Å². The van der Waals surface area contributed by atoms with E-state index >= 15 is 0 Å². The van der Waals surface area contributed by atoms with Crippen LogP contribution < -0.4 is 10.1 Å². The van der Waals surface area contributed by atoms with Crippen molar-refractivity contribution in [2.24, 2.45) is 0 Å². The molecular formula is C18H19ClFNO2. The van der Waals surface area contributed by atoms with Crippen molar-refractivity contribution in [2.45, 2.75) is 18.9 Å². The van der Waals surface area contributed by atoms with Gasteiger partial charge in [-0.2, -0.15) is 0 Å². The van der Waals surface area contributed by atoms with Crippen molar-refractivity contribution in [1.82, 2.24) is 0 Å². The van der Waals surface area contributed by atoms with Gasteiger partial charge < -0.3 is 14.8 Å². The molecule has 122 valence electrons. The third kappa shape index (κ3) is 4.36. The highest BCUT2D eigenvalue weighted by Gasteiger charge is 2.16. The van der Waals surface area contributed by atoms with Crippen molar-refractivity contribution >= 4 is 17.3 Å². The summed E-state index contributed by atoms with van der Waals surface area (Å²) >= 11 is 6.02. The Balaban J connectivity index is 1.50. The van der Waals surface area contributed by atoms with E-state index in [2.05, 4.69) is 5.32 Å². The van der Waals surface area contributed by atoms with Crippen molar-refractivity contribution in [3.8, 4) is 5.75 Å². The van der Waals surface area contributed by atoms with Crippen molar-refractivity contribution in [3.63, 3.8) is 0 Å². The minimum atomic E-state index is -0.262. The van der Waals surface area contributed by atoms with Crippen LogP contribution >= 0.6 is 11.6 Å². The van der Waals surface area contributed by atoms with Crippen molar-refractivity contribution < 1.29 is 13.9 Å². The number of hydrogen-bond donors (Lipinski definition) is 1. The van der Waals surface area contributed by atoms with Crippen LogP contribution in [0.4, 0.5) is 10.1 Å². The standard InChI is InChI=1S/C18H19ClFNO2/c19-17-2-1-3-18(20)16(17)8-10-21-13-4-6-14(7-5-13)23-15-9-11-22-12-15/h1-7,15,21H,8-12H2/t15-/m0/s1. The largest absolute Gasteiger partial charge is 0.488 e. The SMILES string of the molecule is Fc1cccc(Cl)c1CCNc1ccc(O[C@H]2CCOC2)cc1. The lowest BCUT2D eigenvalue weighted by Crippen LogP contribution is -2.15. The highest BCUT2D eigenvalue weighted by Crippen LogP contribution is 2.21. The predicted molar refractivity (Wildman–Crippen MR) is 89.9 cm³/mol. The van der Waals surface area contributed by atoms with E-state index in [0.717, 1.165) is 24.5 Å². The Bertz CT molecular complexity index is 622. The first kappa shape index (κ1) is 16.1. The Morgan fingerprint density at radius 1 is 1.22 bits per heavy atom. The summed E-state index contributed by atoms with van der Waals surface area (Å²) in [4.78, 5) is 0. The molecule has 1 heterocycles. The molecule has 5 heteroatoms. The summed E-state index contributed by atoms with van der Waals surface area (Å²) in [5.74, 6) is 0.574. The van der Waals surface area contributed by atoms with Crippen LogP contribution in [0, 0.1) is 5.82 Å². The smallest absolute Gasteiger partial charge is 0.127 e. The molecule has 23 heavy (non-hydrogen) atoms. The first-order chi connectivity index (χ1) is 11.2. The number of halogens is 2. The van der Waals surface area contributed by atoms with Gasteiger partial charge in [-0.05, 0) is 42.8 Å². The fourth-order valence-electron chi connectivity index (χ4n) is 2.55. The van der Waals surface area contributed by atoms with Gasteiger partial charge in [-0.25, -0.2) is 4.39 Å². The molecule has 0 saturated carbocycles. The maximum atomic E-state index is 13.7. The molecule has 0 aliphatic carbocycles. The molecule has 1 aliphatic heterocycles. The van der Waals surface area contributed by atoms with Gasteiger partial charge in [0, 0.05) is 29.2 Å². The molecule has 2 aromatic carbocycles.